The largest absolute Gasteiger partial charge is 0.428 e. The van der Waals surface area contributed by atoms with Crippen molar-refractivity contribution in [1.82, 2.24) is 10.2 Å². The summed E-state index contributed by atoms with van der Waals surface area (Å²) in [5, 5.41) is 7.90. The van der Waals surface area contributed by atoms with Crippen molar-refractivity contribution in [1.29, 1.82) is 0 Å². The molecule has 1 aromatic carbocycles. The van der Waals surface area contributed by atoms with Crippen molar-refractivity contribution >= 4 is 0 Å². The summed E-state index contributed by atoms with van der Waals surface area (Å²) in [6, 6.07) is 10.6. The van der Waals surface area contributed by atoms with Gasteiger partial charge in [-0.05, 0) is 31.2 Å². The number of rotatable bonds is 2. The van der Waals surface area contributed by atoms with Crippen LogP contribution < -0.4 is 0 Å². The summed E-state index contributed by atoms with van der Waals surface area (Å²) < 4.78 is 5.41. The van der Waals surface area contributed by atoms with Gasteiger partial charge in [-0.25, -0.2) is 0 Å². The lowest BCUT2D eigenvalue weighted by Gasteiger charge is -2.28. The van der Waals surface area contributed by atoms with Gasteiger partial charge in [-0.1, -0.05) is 42.0 Å². The van der Waals surface area contributed by atoms with Crippen LogP contribution in [0.2, 0.25) is 0 Å². The first kappa shape index (κ1) is 11.2. The molecule has 1 aliphatic carbocycles. The van der Waals surface area contributed by atoms with Gasteiger partial charge in [0.05, 0.1) is 0 Å². The van der Waals surface area contributed by atoms with Crippen LogP contribution in [0.4, 0.5) is 0 Å². The van der Waals surface area contributed by atoms with Crippen molar-refractivity contribution in [3.05, 3.63) is 59.8 Å². The number of hydrogen-bond donors (Lipinski definition) is 0. The lowest BCUT2D eigenvalue weighted by atomic mass is 9.76. The molecule has 0 aliphatic heterocycles. The van der Waals surface area contributed by atoms with E-state index in [2.05, 4.69) is 53.5 Å². The molecule has 0 N–H and O–H groups in total. The SMILES string of the molecule is CC1=CC[C@@H](c2nnco2)[C@H](c2ccccc2)C1. The van der Waals surface area contributed by atoms with Gasteiger partial charge in [0.1, 0.15) is 0 Å². The monoisotopic (exact) mass is 240 g/mol. The molecule has 2 aromatic rings. The molecule has 92 valence electrons. The summed E-state index contributed by atoms with van der Waals surface area (Å²) >= 11 is 0. The Labute approximate surface area is 107 Å². The molecule has 0 saturated carbocycles. The van der Waals surface area contributed by atoms with Crippen LogP contribution in [0.5, 0.6) is 0 Å². The van der Waals surface area contributed by atoms with E-state index in [0.29, 0.717) is 11.8 Å². The highest BCUT2D eigenvalue weighted by Gasteiger charge is 2.30. The van der Waals surface area contributed by atoms with Gasteiger partial charge in [0.25, 0.3) is 0 Å². The highest BCUT2D eigenvalue weighted by Crippen LogP contribution is 2.42. The van der Waals surface area contributed by atoms with Crippen LogP contribution >= 0.6 is 0 Å². The van der Waals surface area contributed by atoms with E-state index >= 15 is 0 Å². The maximum atomic E-state index is 5.41. The predicted octanol–water partition coefficient (Wildman–Crippen LogP) is 3.68. The Morgan fingerprint density at radius 2 is 2.00 bits per heavy atom. The Kier molecular flexibility index (Phi) is 2.97. The molecule has 18 heavy (non-hydrogen) atoms. The molecule has 3 heteroatoms. The molecular weight excluding hydrogens is 224 g/mol. The summed E-state index contributed by atoms with van der Waals surface area (Å²) in [5.74, 6) is 1.50. The quantitative estimate of drug-likeness (QED) is 0.752. The molecule has 2 atom stereocenters. The molecule has 0 fully saturated rings. The van der Waals surface area contributed by atoms with Gasteiger partial charge in [-0.3, -0.25) is 0 Å². The van der Waals surface area contributed by atoms with Crippen molar-refractivity contribution in [2.24, 2.45) is 0 Å². The third kappa shape index (κ3) is 2.08. The standard InChI is InChI=1S/C15H16N2O/c1-11-7-8-13(15-17-16-10-18-15)14(9-11)12-5-3-2-4-6-12/h2-7,10,13-14H,8-9H2,1H3/t13-,14+/m1/s1. The van der Waals surface area contributed by atoms with Crippen LogP contribution in [-0.2, 0) is 0 Å². The highest BCUT2D eigenvalue weighted by molar-refractivity contribution is 5.28. The zero-order valence-electron chi connectivity index (χ0n) is 10.4. The van der Waals surface area contributed by atoms with E-state index in [1.807, 2.05) is 0 Å². The molecule has 0 unspecified atom stereocenters. The minimum Gasteiger partial charge on any atom is -0.428 e. The Hall–Kier alpha value is -1.90. The van der Waals surface area contributed by atoms with E-state index < -0.39 is 0 Å². The Morgan fingerprint density at radius 3 is 2.72 bits per heavy atom. The van der Waals surface area contributed by atoms with E-state index in [9.17, 15) is 0 Å². The van der Waals surface area contributed by atoms with E-state index in [4.69, 9.17) is 4.42 Å². The molecule has 0 spiro atoms. The fourth-order valence-electron chi connectivity index (χ4n) is 2.73. The number of nitrogens with zero attached hydrogens (tertiary/aromatic N) is 2. The fraction of sp³-hybridized carbons (Fsp3) is 0.333. The molecule has 0 radical (unpaired) electrons. The average molecular weight is 240 g/mol. The van der Waals surface area contributed by atoms with Crippen molar-refractivity contribution < 1.29 is 4.42 Å². The zero-order valence-corrected chi connectivity index (χ0v) is 10.4. The topological polar surface area (TPSA) is 38.9 Å². The van der Waals surface area contributed by atoms with Crippen LogP contribution in [0.15, 0.2) is 52.8 Å². The van der Waals surface area contributed by atoms with E-state index in [1.165, 1.54) is 17.5 Å². The second kappa shape index (κ2) is 4.77. The molecule has 1 aromatic heterocycles. The van der Waals surface area contributed by atoms with Crippen LogP contribution in [0.25, 0.3) is 0 Å². The second-order valence-corrected chi connectivity index (χ2v) is 4.89. The Balaban J connectivity index is 1.96. The van der Waals surface area contributed by atoms with Gasteiger partial charge >= 0.3 is 0 Å². The third-order valence-corrected chi connectivity index (χ3v) is 3.67. The van der Waals surface area contributed by atoms with Gasteiger partial charge in [0, 0.05) is 5.92 Å². The average Bonchev–Trinajstić information content (AvgIpc) is 2.93. The maximum absolute atomic E-state index is 5.41. The lowest BCUT2D eigenvalue weighted by molar-refractivity contribution is 0.391. The highest BCUT2D eigenvalue weighted by atomic mass is 16.4. The summed E-state index contributed by atoms with van der Waals surface area (Å²) in [6.07, 6.45) is 5.75. The number of benzene rings is 1. The Bertz CT molecular complexity index is 531. The zero-order chi connectivity index (χ0) is 12.4. The molecule has 1 heterocycles. The van der Waals surface area contributed by atoms with E-state index in [-0.39, 0.29) is 0 Å². The first-order chi connectivity index (χ1) is 8.84. The first-order valence-corrected chi connectivity index (χ1v) is 6.31. The smallest absolute Gasteiger partial charge is 0.220 e. The maximum Gasteiger partial charge on any atom is 0.220 e. The minimum atomic E-state index is 0.304. The number of aromatic nitrogens is 2. The summed E-state index contributed by atoms with van der Waals surface area (Å²) in [5.41, 5.74) is 2.80. The molecule has 1 aliphatic rings. The van der Waals surface area contributed by atoms with E-state index in [1.54, 1.807) is 0 Å². The molecule has 3 nitrogen and oxygen atoms in total. The van der Waals surface area contributed by atoms with Crippen LogP contribution in [-0.4, -0.2) is 10.2 Å². The van der Waals surface area contributed by atoms with Crippen LogP contribution in [0.1, 0.15) is 43.1 Å². The van der Waals surface area contributed by atoms with Crippen molar-refractivity contribution in [2.45, 2.75) is 31.6 Å². The van der Waals surface area contributed by atoms with Gasteiger partial charge in [-0.2, -0.15) is 0 Å². The third-order valence-electron chi connectivity index (χ3n) is 3.67. The van der Waals surface area contributed by atoms with Gasteiger partial charge in [-0.15, -0.1) is 10.2 Å². The molecule has 0 bridgehead atoms. The number of allylic oxidation sites excluding steroid dienone is 2. The normalized spacial score (nSPS) is 23.7. The second-order valence-electron chi connectivity index (χ2n) is 4.89. The van der Waals surface area contributed by atoms with E-state index in [0.717, 1.165) is 18.7 Å². The fourth-order valence-corrected chi connectivity index (χ4v) is 2.73. The molecule has 0 amide bonds. The summed E-state index contributed by atoms with van der Waals surface area (Å²) in [6.45, 7) is 2.19. The molecular formula is C15H16N2O. The predicted molar refractivity (Wildman–Crippen MR) is 69.2 cm³/mol. The first-order valence-electron chi connectivity index (χ1n) is 6.31. The van der Waals surface area contributed by atoms with Gasteiger partial charge < -0.3 is 4.42 Å². The Morgan fingerprint density at radius 1 is 1.17 bits per heavy atom. The van der Waals surface area contributed by atoms with Gasteiger partial charge in [0.15, 0.2) is 0 Å². The van der Waals surface area contributed by atoms with Crippen molar-refractivity contribution in [3.63, 3.8) is 0 Å². The van der Waals surface area contributed by atoms with Crippen LogP contribution in [0.3, 0.4) is 0 Å². The minimum absolute atomic E-state index is 0.304. The van der Waals surface area contributed by atoms with Crippen molar-refractivity contribution in [3.8, 4) is 0 Å². The van der Waals surface area contributed by atoms with Gasteiger partial charge in [0.2, 0.25) is 12.3 Å². The lowest BCUT2D eigenvalue weighted by Crippen LogP contribution is -2.15. The summed E-state index contributed by atoms with van der Waals surface area (Å²) in [7, 11) is 0. The van der Waals surface area contributed by atoms with Crippen molar-refractivity contribution in [2.75, 3.05) is 0 Å². The molecule has 0 saturated heterocycles. The summed E-state index contributed by atoms with van der Waals surface area (Å²) in [4.78, 5) is 0. The van der Waals surface area contributed by atoms with Crippen LogP contribution in [0, 0.1) is 0 Å². The number of hydrogen-bond acceptors (Lipinski definition) is 3. The molecule has 3 rings (SSSR count).